The summed E-state index contributed by atoms with van der Waals surface area (Å²) in [5.74, 6) is 1.14. The number of unbranched alkanes of at least 4 members (excludes halogenated alkanes) is 1. The molecule has 0 aliphatic heterocycles. The van der Waals surface area contributed by atoms with Gasteiger partial charge in [-0.1, -0.05) is 24.9 Å². The predicted octanol–water partition coefficient (Wildman–Crippen LogP) is 3.32. The molecule has 0 radical (unpaired) electrons. The van der Waals surface area contributed by atoms with E-state index in [1.54, 1.807) is 24.1 Å². The molecule has 0 saturated carbocycles. The Kier molecular flexibility index (Phi) is 8.22. The van der Waals surface area contributed by atoms with Crippen LogP contribution in [0.3, 0.4) is 0 Å². The maximum Gasteiger partial charge on any atom is 0.330 e. The minimum atomic E-state index is -0.605. The van der Waals surface area contributed by atoms with Gasteiger partial charge >= 0.3 is 5.69 Å². The molecule has 0 bridgehead atoms. The summed E-state index contributed by atoms with van der Waals surface area (Å²) in [5, 5.41) is 0.640. The van der Waals surface area contributed by atoms with Crippen molar-refractivity contribution in [2.75, 3.05) is 30.8 Å². The number of nitrogens with one attached hydrogen (secondary N) is 1. The predicted molar refractivity (Wildman–Crippen MR) is 134 cm³/mol. The lowest BCUT2D eigenvalue weighted by atomic mass is 10.2. The highest BCUT2D eigenvalue weighted by Crippen LogP contribution is 2.24. The summed E-state index contributed by atoms with van der Waals surface area (Å²) >= 11 is 5.94. The van der Waals surface area contributed by atoms with Crippen LogP contribution in [-0.4, -0.2) is 40.5 Å². The van der Waals surface area contributed by atoms with Gasteiger partial charge in [-0.2, -0.15) is 0 Å². The third-order valence-electron chi connectivity index (χ3n) is 5.58. The van der Waals surface area contributed by atoms with E-state index in [1.165, 1.54) is 9.47 Å². The highest BCUT2D eigenvalue weighted by Gasteiger charge is 2.22. The number of nitrogens with zero attached hydrogens (tertiary/aromatic N) is 3. The molecule has 3 aromatic rings. The van der Waals surface area contributed by atoms with Crippen LogP contribution in [0, 0.1) is 0 Å². The van der Waals surface area contributed by atoms with E-state index in [-0.39, 0.29) is 30.5 Å². The van der Waals surface area contributed by atoms with Crippen molar-refractivity contribution in [3.05, 3.63) is 68.0 Å². The fourth-order valence-electron chi connectivity index (χ4n) is 3.61. The first kappa shape index (κ1) is 25.2. The van der Waals surface area contributed by atoms with Crippen molar-refractivity contribution in [2.45, 2.75) is 39.8 Å². The summed E-state index contributed by atoms with van der Waals surface area (Å²) < 4.78 is 7.23. The van der Waals surface area contributed by atoms with Crippen molar-refractivity contribution in [1.82, 2.24) is 14.5 Å². The quantitative estimate of drug-likeness (QED) is 0.453. The van der Waals surface area contributed by atoms with Gasteiger partial charge in [-0.15, -0.1) is 0 Å². The standard InChI is InChI=1S/C24H30ClN5O4/c1-4-6-13-30-22(26)21(23(32)27-24(30)33)29(5-2)15-20(31)28(3)14-18-11-12-19(34-18)16-7-9-17(25)10-8-16/h7-12H,4-6,13-15,26H2,1-3H3,(H,27,32,33). The van der Waals surface area contributed by atoms with E-state index in [9.17, 15) is 14.4 Å². The molecule has 182 valence electrons. The van der Waals surface area contributed by atoms with Crippen molar-refractivity contribution in [2.24, 2.45) is 0 Å². The number of halogens is 1. The van der Waals surface area contributed by atoms with Crippen LogP contribution in [0.2, 0.25) is 5.02 Å². The molecule has 1 aromatic carbocycles. The number of rotatable bonds is 10. The molecular weight excluding hydrogens is 458 g/mol. The van der Waals surface area contributed by atoms with E-state index in [0.717, 1.165) is 18.4 Å². The SMILES string of the molecule is CCCCn1c(N)c(N(CC)CC(=O)N(C)Cc2ccc(-c3ccc(Cl)cc3)o2)c(=O)[nH]c1=O. The van der Waals surface area contributed by atoms with Gasteiger partial charge in [0.1, 0.15) is 23.0 Å². The van der Waals surface area contributed by atoms with Crippen LogP contribution in [0.25, 0.3) is 11.3 Å². The summed E-state index contributed by atoms with van der Waals surface area (Å²) in [7, 11) is 1.66. The highest BCUT2D eigenvalue weighted by atomic mass is 35.5. The van der Waals surface area contributed by atoms with E-state index >= 15 is 0 Å². The second-order valence-electron chi connectivity index (χ2n) is 8.04. The number of furan rings is 1. The molecule has 0 aliphatic carbocycles. The number of aromatic nitrogens is 2. The summed E-state index contributed by atoms with van der Waals surface area (Å²) in [6.45, 7) is 4.75. The molecule has 1 amide bonds. The number of benzene rings is 1. The maximum atomic E-state index is 13.0. The number of amides is 1. The number of hydrogen-bond donors (Lipinski definition) is 2. The van der Waals surface area contributed by atoms with Gasteiger partial charge in [0.2, 0.25) is 5.91 Å². The lowest BCUT2D eigenvalue weighted by Gasteiger charge is -2.26. The molecule has 0 unspecified atom stereocenters. The molecule has 2 aromatic heterocycles. The van der Waals surface area contributed by atoms with Gasteiger partial charge < -0.3 is 20.0 Å². The highest BCUT2D eigenvalue weighted by molar-refractivity contribution is 6.30. The molecule has 0 atom stereocenters. The monoisotopic (exact) mass is 487 g/mol. The van der Waals surface area contributed by atoms with Gasteiger partial charge in [-0.05, 0) is 49.7 Å². The summed E-state index contributed by atoms with van der Waals surface area (Å²) in [5.41, 5.74) is 6.06. The van der Waals surface area contributed by atoms with Crippen molar-refractivity contribution < 1.29 is 9.21 Å². The van der Waals surface area contributed by atoms with Gasteiger partial charge in [0.05, 0.1) is 13.1 Å². The van der Waals surface area contributed by atoms with Crippen LogP contribution in [-0.2, 0) is 17.9 Å². The van der Waals surface area contributed by atoms with Crippen LogP contribution in [0.15, 0.2) is 50.4 Å². The molecule has 2 heterocycles. The smallest absolute Gasteiger partial charge is 0.330 e. The molecule has 34 heavy (non-hydrogen) atoms. The van der Waals surface area contributed by atoms with Crippen molar-refractivity contribution in [3.63, 3.8) is 0 Å². The van der Waals surface area contributed by atoms with E-state index < -0.39 is 11.2 Å². The van der Waals surface area contributed by atoms with E-state index in [4.69, 9.17) is 21.8 Å². The minimum Gasteiger partial charge on any atom is -0.459 e. The topological polar surface area (TPSA) is 118 Å². The second-order valence-corrected chi connectivity index (χ2v) is 8.47. The Morgan fingerprint density at radius 1 is 1.15 bits per heavy atom. The molecule has 3 rings (SSSR count). The van der Waals surface area contributed by atoms with Gasteiger partial charge in [0.25, 0.3) is 5.56 Å². The third-order valence-corrected chi connectivity index (χ3v) is 5.83. The van der Waals surface area contributed by atoms with E-state index in [0.29, 0.717) is 29.6 Å². The van der Waals surface area contributed by atoms with Crippen LogP contribution < -0.4 is 21.9 Å². The van der Waals surface area contributed by atoms with Crippen LogP contribution in [0.4, 0.5) is 11.5 Å². The number of hydrogen-bond acceptors (Lipinski definition) is 6. The number of carbonyl (C=O) groups is 1. The fraction of sp³-hybridized carbons (Fsp3) is 0.375. The van der Waals surface area contributed by atoms with Crippen molar-refractivity contribution in [1.29, 1.82) is 0 Å². The first-order valence-electron chi connectivity index (χ1n) is 11.2. The molecule has 0 fully saturated rings. The van der Waals surface area contributed by atoms with Gasteiger partial charge in [-0.25, -0.2) is 4.79 Å². The molecule has 0 aliphatic rings. The zero-order valence-electron chi connectivity index (χ0n) is 19.6. The van der Waals surface area contributed by atoms with Gasteiger partial charge in [0, 0.05) is 30.7 Å². The maximum absolute atomic E-state index is 13.0. The lowest BCUT2D eigenvalue weighted by molar-refractivity contribution is -0.129. The second kappa shape index (κ2) is 11.1. The summed E-state index contributed by atoms with van der Waals surface area (Å²) in [6, 6.07) is 11.0. The minimum absolute atomic E-state index is 0.0677. The molecule has 10 heteroatoms. The van der Waals surface area contributed by atoms with Crippen LogP contribution in [0.5, 0.6) is 0 Å². The lowest BCUT2D eigenvalue weighted by Crippen LogP contribution is -2.43. The number of anilines is 2. The van der Waals surface area contributed by atoms with Crippen molar-refractivity contribution >= 4 is 29.0 Å². The van der Waals surface area contributed by atoms with E-state index in [1.807, 2.05) is 38.1 Å². The number of nitrogens with two attached hydrogens (primary N) is 1. The van der Waals surface area contributed by atoms with Gasteiger partial charge in [-0.3, -0.25) is 19.1 Å². The van der Waals surface area contributed by atoms with Crippen molar-refractivity contribution in [3.8, 4) is 11.3 Å². The Morgan fingerprint density at radius 2 is 1.85 bits per heavy atom. The zero-order chi connectivity index (χ0) is 24.8. The largest absolute Gasteiger partial charge is 0.459 e. The van der Waals surface area contributed by atoms with E-state index in [2.05, 4.69) is 4.98 Å². The first-order chi connectivity index (χ1) is 16.2. The summed E-state index contributed by atoms with van der Waals surface area (Å²) in [4.78, 5) is 43.1. The Balaban J connectivity index is 1.73. The zero-order valence-corrected chi connectivity index (χ0v) is 20.4. The number of H-pyrrole nitrogens is 1. The first-order valence-corrected chi connectivity index (χ1v) is 11.6. The number of likely N-dealkylation sites (N-methyl/N-ethyl adjacent to an activating group) is 2. The fourth-order valence-corrected chi connectivity index (χ4v) is 3.73. The Labute approximate surface area is 202 Å². The number of aromatic amines is 1. The Morgan fingerprint density at radius 3 is 2.50 bits per heavy atom. The molecule has 0 spiro atoms. The molecule has 0 saturated heterocycles. The molecular formula is C24H30ClN5O4. The Hall–Kier alpha value is -3.46. The average molecular weight is 488 g/mol. The average Bonchev–Trinajstić information content (AvgIpc) is 3.26. The summed E-state index contributed by atoms with van der Waals surface area (Å²) in [6.07, 6.45) is 1.61. The normalized spacial score (nSPS) is 10.9. The number of nitrogen functional groups attached to an aromatic ring is 1. The van der Waals surface area contributed by atoms with Gasteiger partial charge in [0.15, 0.2) is 0 Å². The van der Waals surface area contributed by atoms with Crippen LogP contribution >= 0.6 is 11.6 Å². The third kappa shape index (κ3) is 5.72. The van der Waals surface area contributed by atoms with Crippen LogP contribution in [0.1, 0.15) is 32.4 Å². The number of carbonyl (C=O) groups excluding carboxylic acids is 1. The molecule has 9 nitrogen and oxygen atoms in total. The Bertz CT molecular complexity index is 1250. The molecule has 3 N–H and O–H groups in total.